The number of halogens is 1. The number of rotatable bonds is 8. The number of carbonyl (C=O) groups is 1. The summed E-state index contributed by atoms with van der Waals surface area (Å²) in [5.74, 6) is -0.454. The zero-order valence-corrected chi connectivity index (χ0v) is 18.9. The molecule has 0 aliphatic rings. The fourth-order valence-corrected chi connectivity index (χ4v) is 4.57. The predicted octanol–water partition coefficient (Wildman–Crippen LogP) is 4.77. The Bertz CT molecular complexity index is 1280. The van der Waals surface area contributed by atoms with Gasteiger partial charge in [0.15, 0.2) is 5.75 Å². The maximum atomic E-state index is 13.2. The third-order valence-electron chi connectivity index (χ3n) is 4.86. The molecule has 0 aromatic heterocycles. The molecule has 1 N–H and O–H groups in total. The maximum Gasteiger partial charge on any atom is 0.255 e. The van der Waals surface area contributed by atoms with Crippen LogP contribution in [0.5, 0.6) is 11.5 Å². The number of nitrogens with zero attached hydrogens (tertiary/aromatic N) is 2. The number of sulfonamides is 1. The van der Waals surface area contributed by atoms with Crippen molar-refractivity contribution in [2.24, 2.45) is 0 Å². The zero-order valence-electron chi connectivity index (χ0n) is 18.1. The number of benzene rings is 3. The Morgan fingerprint density at radius 1 is 1.03 bits per heavy atom. The zero-order chi connectivity index (χ0) is 24.0. The van der Waals surface area contributed by atoms with Crippen molar-refractivity contribution in [3.05, 3.63) is 83.7 Å². The molecule has 3 aromatic carbocycles. The molecule has 0 aliphatic carbocycles. The van der Waals surface area contributed by atoms with E-state index >= 15 is 0 Å². The molecule has 0 heterocycles. The summed E-state index contributed by atoms with van der Waals surface area (Å²) in [6, 6.07) is 17.4. The molecule has 0 radical (unpaired) electrons. The fourth-order valence-electron chi connectivity index (χ4n) is 3.09. The van der Waals surface area contributed by atoms with Crippen LogP contribution in [-0.4, -0.2) is 31.7 Å². The molecule has 1 amide bonds. The highest BCUT2D eigenvalue weighted by molar-refractivity contribution is 7.89. The number of carbonyl (C=O) groups excluding carboxylic acids is 1. The maximum absolute atomic E-state index is 13.2. The second-order valence-corrected chi connectivity index (χ2v) is 8.88. The van der Waals surface area contributed by atoms with Crippen molar-refractivity contribution in [1.82, 2.24) is 4.31 Å². The first kappa shape index (κ1) is 23.9. The van der Waals surface area contributed by atoms with Gasteiger partial charge in [0.25, 0.3) is 5.91 Å². The monoisotopic (exact) mass is 467 g/mol. The number of nitriles is 1. The number of nitrogens with one attached hydrogen (secondary N) is 1. The van der Waals surface area contributed by atoms with Crippen molar-refractivity contribution >= 4 is 21.6 Å². The van der Waals surface area contributed by atoms with Crippen LogP contribution < -0.4 is 10.1 Å². The molecule has 0 atom stereocenters. The van der Waals surface area contributed by atoms with E-state index in [2.05, 4.69) is 5.32 Å². The molecule has 0 fully saturated rings. The Hall–Kier alpha value is -3.74. The summed E-state index contributed by atoms with van der Waals surface area (Å²) in [5.41, 5.74) is 0.805. The van der Waals surface area contributed by atoms with Gasteiger partial charge >= 0.3 is 0 Å². The highest BCUT2D eigenvalue weighted by Crippen LogP contribution is 2.33. The first-order valence-corrected chi connectivity index (χ1v) is 11.6. The summed E-state index contributed by atoms with van der Waals surface area (Å²) in [6.45, 7) is 4.06. The fraction of sp³-hybridized carbons (Fsp3) is 0.167. The van der Waals surface area contributed by atoms with Gasteiger partial charge in [-0.05, 0) is 66.7 Å². The summed E-state index contributed by atoms with van der Waals surface area (Å²) in [4.78, 5) is 12.8. The van der Waals surface area contributed by atoms with E-state index in [0.29, 0.717) is 24.4 Å². The van der Waals surface area contributed by atoms with Crippen LogP contribution in [-0.2, 0) is 10.0 Å². The lowest BCUT2D eigenvalue weighted by atomic mass is 10.1. The van der Waals surface area contributed by atoms with Crippen molar-refractivity contribution in [2.75, 3.05) is 18.4 Å². The average Bonchev–Trinajstić information content (AvgIpc) is 2.82. The normalized spacial score (nSPS) is 11.1. The van der Waals surface area contributed by atoms with Crippen LogP contribution >= 0.6 is 0 Å². The van der Waals surface area contributed by atoms with E-state index in [-0.39, 0.29) is 21.9 Å². The molecule has 7 nitrogen and oxygen atoms in total. The average molecular weight is 468 g/mol. The van der Waals surface area contributed by atoms with Crippen LogP contribution in [0.3, 0.4) is 0 Å². The molecule has 3 aromatic rings. The van der Waals surface area contributed by atoms with E-state index in [1.807, 2.05) is 6.07 Å². The molecule has 0 unspecified atom stereocenters. The lowest BCUT2D eigenvalue weighted by Gasteiger charge is -2.20. The number of hydrogen-bond acceptors (Lipinski definition) is 5. The number of amides is 1. The first-order chi connectivity index (χ1) is 15.8. The number of hydrogen-bond donors (Lipinski definition) is 1. The minimum absolute atomic E-state index is 0.00668. The third-order valence-corrected chi connectivity index (χ3v) is 6.91. The van der Waals surface area contributed by atoms with Gasteiger partial charge in [0.2, 0.25) is 10.0 Å². The van der Waals surface area contributed by atoms with Crippen LogP contribution in [0, 0.1) is 17.1 Å². The van der Waals surface area contributed by atoms with E-state index in [1.165, 1.54) is 71.0 Å². The summed E-state index contributed by atoms with van der Waals surface area (Å²) in [5, 5.41) is 11.6. The van der Waals surface area contributed by atoms with Crippen LogP contribution in [0.15, 0.2) is 71.6 Å². The van der Waals surface area contributed by atoms with E-state index in [9.17, 15) is 17.6 Å². The Balaban J connectivity index is 2.00. The molecule has 170 valence electrons. The second kappa shape index (κ2) is 10.3. The van der Waals surface area contributed by atoms with Gasteiger partial charge in [0.1, 0.15) is 11.6 Å². The Morgan fingerprint density at radius 3 is 2.24 bits per heavy atom. The van der Waals surface area contributed by atoms with Crippen molar-refractivity contribution < 1.29 is 22.3 Å². The summed E-state index contributed by atoms with van der Waals surface area (Å²) in [6.07, 6.45) is 0. The molecular formula is C24H22FN3O4S. The molecule has 3 rings (SSSR count). The quantitative estimate of drug-likeness (QED) is 0.514. The number of anilines is 1. The SMILES string of the molecule is CCN(CC)S(=O)(=O)c1ccc(Oc2ccc(F)cc2)c(NC(=O)c2ccc(C#N)cc2)c1. The van der Waals surface area contributed by atoms with Gasteiger partial charge in [0, 0.05) is 18.7 Å². The van der Waals surface area contributed by atoms with Crippen molar-refractivity contribution in [1.29, 1.82) is 5.26 Å². The van der Waals surface area contributed by atoms with Crippen LogP contribution in [0.1, 0.15) is 29.8 Å². The standard InChI is InChI=1S/C24H22FN3O4S/c1-3-28(4-2)33(30,31)21-13-14-23(32-20-11-9-19(25)10-12-20)22(15-21)27-24(29)18-7-5-17(16-26)6-8-18/h5-15H,3-4H2,1-2H3,(H,27,29). The summed E-state index contributed by atoms with van der Waals surface area (Å²) < 4.78 is 46.3. The lowest BCUT2D eigenvalue weighted by Crippen LogP contribution is -2.30. The van der Waals surface area contributed by atoms with E-state index in [4.69, 9.17) is 10.00 Å². The summed E-state index contributed by atoms with van der Waals surface area (Å²) in [7, 11) is -3.79. The molecule has 0 spiro atoms. The molecule has 0 bridgehead atoms. The van der Waals surface area contributed by atoms with Crippen molar-refractivity contribution in [2.45, 2.75) is 18.7 Å². The lowest BCUT2D eigenvalue weighted by molar-refractivity contribution is 0.102. The first-order valence-electron chi connectivity index (χ1n) is 10.2. The molecule has 0 saturated heterocycles. The highest BCUT2D eigenvalue weighted by atomic mass is 32.2. The molecule has 0 aliphatic heterocycles. The second-order valence-electron chi connectivity index (χ2n) is 6.95. The van der Waals surface area contributed by atoms with Gasteiger partial charge in [-0.1, -0.05) is 13.8 Å². The van der Waals surface area contributed by atoms with Gasteiger partial charge < -0.3 is 10.1 Å². The van der Waals surface area contributed by atoms with Gasteiger partial charge in [-0.15, -0.1) is 0 Å². The third kappa shape index (κ3) is 5.55. The smallest absolute Gasteiger partial charge is 0.255 e. The Labute approximate surface area is 192 Å². The highest BCUT2D eigenvalue weighted by Gasteiger charge is 2.23. The minimum atomic E-state index is -3.79. The number of ether oxygens (including phenoxy) is 1. The Morgan fingerprint density at radius 2 is 1.67 bits per heavy atom. The molecule has 33 heavy (non-hydrogen) atoms. The molecule has 0 saturated carbocycles. The molecular weight excluding hydrogens is 445 g/mol. The molecule has 9 heteroatoms. The van der Waals surface area contributed by atoms with E-state index < -0.39 is 21.7 Å². The van der Waals surface area contributed by atoms with Crippen molar-refractivity contribution in [3.8, 4) is 17.6 Å². The topological polar surface area (TPSA) is 99.5 Å². The summed E-state index contributed by atoms with van der Waals surface area (Å²) >= 11 is 0. The van der Waals surface area contributed by atoms with Gasteiger partial charge in [0.05, 0.1) is 22.2 Å². The van der Waals surface area contributed by atoms with Gasteiger partial charge in [-0.2, -0.15) is 9.57 Å². The van der Waals surface area contributed by atoms with Gasteiger partial charge in [-0.25, -0.2) is 12.8 Å². The van der Waals surface area contributed by atoms with E-state index in [0.717, 1.165) is 0 Å². The minimum Gasteiger partial charge on any atom is -0.455 e. The van der Waals surface area contributed by atoms with Crippen LogP contribution in [0.25, 0.3) is 0 Å². The Kier molecular flexibility index (Phi) is 7.43. The van der Waals surface area contributed by atoms with Crippen LogP contribution in [0.4, 0.5) is 10.1 Å². The largest absolute Gasteiger partial charge is 0.455 e. The van der Waals surface area contributed by atoms with E-state index in [1.54, 1.807) is 13.8 Å². The van der Waals surface area contributed by atoms with Crippen molar-refractivity contribution in [3.63, 3.8) is 0 Å². The van der Waals surface area contributed by atoms with Gasteiger partial charge in [-0.3, -0.25) is 4.79 Å². The van der Waals surface area contributed by atoms with Crippen LogP contribution in [0.2, 0.25) is 0 Å². The predicted molar refractivity (Wildman–Crippen MR) is 122 cm³/mol.